The van der Waals surface area contributed by atoms with Crippen LogP contribution in [0.15, 0.2) is 18.2 Å². The van der Waals surface area contributed by atoms with Gasteiger partial charge >= 0.3 is 0 Å². The lowest BCUT2D eigenvalue weighted by molar-refractivity contribution is 0.0239. The average molecular weight is 206 g/mol. The van der Waals surface area contributed by atoms with Crippen LogP contribution in [0.5, 0.6) is 0 Å². The molecule has 4 heteroatoms. The molecule has 1 aromatic rings. The van der Waals surface area contributed by atoms with Crippen molar-refractivity contribution in [2.45, 2.75) is 19.1 Å². The van der Waals surface area contributed by atoms with Crippen molar-refractivity contribution in [3.63, 3.8) is 0 Å². The highest BCUT2D eigenvalue weighted by Crippen LogP contribution is 2.22. The molecule has 4 nitrogen and oxygen atoms in total. The minimum Gasteiger partial charge on any atom is -0.389 e. The Hall–Kier alpha value is -1.41. The molecule has 0 aliphatic carbocycles. The molecule has 0 spiro atoms. The predicted molar refractivity (Wildman–Crippen MR) is 55.9 cm³/mol. The van der Waals surface area contributed by atoms with Crippen LogP contribution >= 0.6 is 0 Å². The fourth-order valence-electron chi connectivity index (χ4n) is 1.43. The Bertz CT molecular complexity index is 385. The molecular formula is C11H14N2O2. The van der Waals surface area contributed by atoms with Gasteiger partial charge in [0.15, 0.2) is 0 Å². The molecule has 0 radical (unpaired) electrons. The van der Waals surface area contributed by atoms with Crippen LogP contribution in [0.3, 0.4) is 0 Å². The molecule has 0 aliphatic rings. The summed E-state index contributed by atoms with van der Waals surface area (Å²) in [7, 11) is 0. The molecule has 0 saturated heterocycles. The normalized spacial score (nSPS) is 14.3. The Morgan fingerprint density at radius 2 is 2.13 bits per heavy atom. The molecule has 2 atom stereocenters. The topological polar surface area (TPSA) is 90.3 Å². The Labute approximate surface area is 88.6 Å². The monoisotopic (exact) mass is 206 g/mol. The number of hydrogen-bond donors (Lipinski definition) is 3. The molecule has 15 heavy (non-hydrogen) atoms. The van der Waals surface area contributed by atoms with Crippen molar-refractivity contribution in [1.82, 2.24) is 0 Å². The average Bonchev–Trinajstić information content (AvgIpc) is 2.27. The quantitative estimate of drug-likeness (QED) is 0.659. The maximum Gasteiger partial charge on any atom is 0.106 e. The fourth-order valence-corrected chi connectivity index (χ4v) is 1.43. The van der Waals surface area contributed by atoms with Gasteiger partial charge in [0.1, 0.15) is 6.10 Å². The van der Waals surface area contributed by atoms with E-state index in [-0.39, 0.29) is 6.54 Å². The summed E-state index contributed by atoms with van der Waals surface area (Å²) in [6.07, 6.45) is -2.04. The Morgan fingerprint density at radius 3 is 2.67 bits per heavy atom. The number of rotatable bonds is 3. The van der Waals surface area contributed by atoms with Crippen LogP contribution in [0.4, 0.5) is 0 Å². The van der Waals surface area contributed by atoms with E-state index in [1.165, 1.54) is 0 Å². The largest absolute Gasteiger partial charge is 0.389 e. The highest BCUT2D eigenvalue weighted by molar-refractivity contribution is 5.43. The minimum atomic E-state index is -1.04. The number of aliphatic hydroxyl groups excluding tert-OH is 2. The van der Waals surface area contributed by atoms with Crippen LogP contribution in [0, 0.1) is 18.3 Å². The van der Waals surface area contributed by atoms with E-state index in [1.54, 1.807) is 25.1 Å². The number of nitrogens with two attached hydrogens (primary N) is 1. The lowest BCUT2D eigenvalue weighted by atomic mass is 9.96. The number of benzene rings is 1. The summed E-state index contributed by atoms with van der Waals surface area (Å²) < 4.78 is 0. The number of aliphatic hydroxyl groups is 2. The summed E-state index contributed by atoms with van der Waals surface area (Å²) in [4.78, 5) is 0. The van der Waals surface area contributed by atoms with Crippen LogP contribution in [-0.2, 0) is 0 Å². The first-order chi connectivity index (χ1) is 7.11. The third-order valence-electron chi connectivity index (χ3n) is 2.42. The van der Waals surface area contributed by atoms with E-state index in [0.717, 1.165) is 0 Å². The van der Waals surface area contributed by atoms with Crippen molar-refractivity contribution in [1.29, 1.82) is 5.26 Å². The number of nitriles is 1. The summed E-state index contributed by atoms with van der Waals surface area (Å²) in [5.41, 5.74) is 6.98. The summed E-state index contributed by atoms with van der Waals surface area (Å²) in [6.45, 7) is 1.72. The molecule has 0 saturated carbocycles. The smallest absolute Gasteiger partial charge is 0.106 e. The Kier molecular flexibility index (Phi) is 3.81. The van der Waals surface area contributed by atoms with E-state index < -0.39 is 12.2 Å². The molecular weight excluding hydrogens is 192 g/mol. The molecule has 0 bridgehead atoms. The first-order valence-corrected chi connectivity index (χ1v) is 4.67. The van der Waals surface area contributed by atoms with E-state index in [9.17, 15) is 10.2 Å². The second-order valence-corrected chi connectivity index (χ2v) is 3.38. The zero-order valence-electron chi connectivity index (χ0n) is 8.51. The van der Waals surface area contributed by atoms with E-state index in [0.29, 0.717) is 16.7 Å². The van der Waals surface area contributed by atoms with Crippen molar-refractivity contribution >= 4 is 0 Å². The number of hydrogen-bond acceptors (Lipinski definition) is 4. The molecule has 0 heterocycles. The maximum absolute atomic E-state index is 9.75. The molecule has 0 aromatic heterocycles. The lowest BCUT2D eigenvalue weighted by Gasteiger charge is -2.18. The van der Waals surface area contributed by atoms with Gasteiger partial charge in [0.2, 0.25) is 0 Å². The molecule has 1 rings (SSSR count). The highest BCUT2D eigenvalue weighted by Gasteiger charge is 2.19. The van der Waals surface area contributed by atoms with Gasteiger partial charge in [-0.15, -0.1) is 0 Å². The summed E-state index contributed by atoms with van der Waals surface area (Å²) in [5, 5.41) is 28.0. The van der Waals surface area contributed by atoms with Gasteiger partial charge in [0.25, 0.3) is 0 Å². The van der Waals surface area contributed by atoms with Gasteiger partial charge in [-0.1, -0.05) is 12.1 Å². The predicted octanol–water partition coefficient (Wildman–Crippen LogP) is 0.220. The van der Waals surface area contributed by atoms with Gasteiger partial charge in [-0.25, -0.2) is 0 Å². The zero-order chi connectivity index (χ0) is 11.4. The van der Waals surface area contributed by atoms with Gasteiger partial charge in [-0.05, 0) is 24.1 Å². The summed E-state index contributed by atoms with van der Waals surface area (Å²) >= 11 is 0. The third kappa shape index (κ3) is 2.34. The first kappa shape index (κ1) is 11.7. The second kappa shape index (κ2) is 4.89. The van der Waals surface area contributed by atoms with Gasteiger partial charge in [0.05, 0.1) is 17.7 Å². The van der Waals surface area contributed by atoms with Crippen LogP contribution in [0.1, 0.15) is 22.8 Å². The highest BCUT2D eigenvalue weighted by atomic mass is 16.3. The molecule has 0 fully saturated rings. The van der Waals surface area contributed by atoms with Crippen molar-refractivity contribution in [3.8, 4) is 6.07 Å². The Balaban J connectivity index is 3.10. The lowest BCUT2D eigenvalue weighted by Crippen LogP contribution is -2.27. The standard InChI is InChI=1S/C11H14N2O2/c1-7-8(5-12)3-2-4-9(7)11(15)10(14)6-13/h2-4,10-11,14-15H,6,13H2,1H3. The SMILES string of the molecule is Cc1c(C#N)cccc1C(O)C(O)CN. The maximum atomic E-state index is 9.75. The summed E-state index contributed by atoms with van der Waals surface area (Å²) in [5.74, 6) is 0. The van der Waals surface area contributed by atoms with E-state index in [1.807, 2.05) is 6.07 Å². The zero-order valence-corrected chi connectivity index (χ0v) is 8.51. The van der Waals surface area contributed by atoms with E-state index in [4.69, 9.17) is 11.0 Å². The van der Waals surface area contributed by atoms with Crippen LogP contribution in [0.25, 0.3) is 0 Å². The molecule has 0 aliphatic heterocycles. The van der Waals surface area contributed by atoms with E-state index in [2.05, 4.69) is 0 Å². The number of nitrogens with zero attached hydrogens (tertiary/aromatic N) is 1. The molecule has 2 unspecified atom stereocenters. The van der Waals surface area contributed by atoms with Crippen molar-refractivity contribution < 1.29 is 10.2 Å². The molecule has 1 aromatic carbocycles. The van der Waals surface area contributed by atoms with Crippen LogP contribution < -0.4 is 5.73 Å². The van der Waals surface area contributed by atoms with E-state index >= 15 is 0 Å². The van der Waals surface area contributed by atoms with Crippen molar-refractivity contribution in [2.75, 3.05) is 6.54 Å². The molecule has 80 valence electrons. The van der Waals surface area contributed by atoms with Crippen LogP contribution in [-0.4, -0.2) is 22.9 Å². The van der Waals surface area contributed by atoms with Gasteiger partial charge in [-0.2, -0.15) is 5.26 Å². The van der Waals surface area contributed by atoms with Gasteiger partial charge in [-0.3, -0.25) is 0 Å². The third-order valence-corrected chi connectivity index (χ3v) is 2.42. The van der Waals surface area contributed by atoms with Crippen molar-refractivity contribution in [2.24, 2.45) is 5.73 Å². The summed E-state index contributed by atoms with van der Waals surface area (Å²) in [6, 6.07) is 7.04. The second-order valence-electron chi connectivity index (χ2n) is 3.38. The van der Waals surface area contributed by atoms with Crippen molar-refractivity contribution in [3.05, 3.63) is 34.9 Å². The van der Waals surface area contributed by atoms with Gasteiger partial charge < -0.3 is 15.9 Å². The van der Waals surface area contributed by atoms with Crippen LogP contribution in [0.2, 0.25) is 0 Å². The molecule has 4 N–H and O–H groups in total. The minimum absolute atomic E-state index is 0.0165. The fraction of sp³-hybridized carbons (Fsp3) is 0.364. The van der Waals surface area contributed by atoms with Gasteiger partial charge in [0, 0.05) is 6.54 Å². The molecule has 0 amide bonds. The Morgan fingerprint density at radius 1 is 1.47 bits per heavy atom. The first-order valence-electron chi connectivity index (χ1n) is 4.67.